The molecule has 2 heterocycles. The molecule has 2 atom stereocenters. The molecule has 0 bridgehead atoms. The van der Waals surface area contributed by atoms with Gasteiger partial charge in [-0.2, -0.15) is 0 Å². The maximum Gasteiger partial charge on any atom is 0.126 e. The van der Waals surface area contributed by atoms with Crippen molar-refractivity contribution in [2.45, 2.75) is 51.5 Å². The van der Waals surface area contributed by atoms with Crippen LogP contribution in [0, 0.1) is 0 Å². The number of ether oxygens (including phenoxy) is 2. The van der Waals surface area contributed by atoms with Crippen molar-refractivity contribution in [3.8, 4) is 11.5 Å². The predicted octanol–water partition coefficient (Wildman–Crippen LogP) is 3.61. The summed E-state index contributed by atoms with van der Waals surface area (Å²) in [5.41, 5.74) is 2.61. The van der Waals surface area contributed by atoms with Gasteiger partial charge < -0.3 is 9.47 Å². The summed E-state index contributed by atoms with van der Waals surface area (Å²) in [5, 5.41) is 0. The maximum absolute atomic E-state index is 6.13. The van der Waals surface area contributed by atoms with E-state index in [9.17, 15) is 0 Å². The zero-order valence-corrected chi connectivity index (χ0v) is 13.5. The Morgan fingerprint density at radius 2 is 2.19 bits per heavy atom. The van der Waals surface area contributed by atoms with Gasteiger partial charge in [-0.3, -0.25) is 4.90 Å². The SMILES string of the molecule is CCCN1CCC[C@H]2c3c(OC)cc(CC)cc3OC[C@@H]21. The standard InChI is InChI=1S/C18H27NO2/c1-4-8-19-9-6-7-14-15(19)12-21-17-11-13(5-2)10-16(20-3)18(14)17/h10-11,14-15H,4-9,12H2,1-3H3/t14-,15+/m1/s1. The van der Waals surface area contributed by atoms with Gasteiger partial charge in [-0.1, -0.05) is 13.8 Å². The Balaban J connectivity index is 1.98. The third-order valence-corrected chi connectivity index (χ3v) is 4.98. The van der Waals surface area contributed by atoms with Crippen LogP contribution in [0.1, 0.15) is 50.2 Å². The molecule has 0 aliphatic carbocycles. The van der Waals surface area contributed by atoms with Crippen molar-refractivity contribution in [2.75, 3.05) is 26.8 Å². The summed E-state index contributed by atoms with van der Waals surface area (Å²) in [6, 6.07) is 4.93. The van der Waals surface area contributed by atoms with E-state index in [4.69, 9.17) is 9.47 Å². The quantitative estimate of drug-likeness (QED) is 0.845. The summed E-state index contributed by atoms with van der Waals surface area (Å²) in [7, 11) is 1.78. The number of rotatable bonds is 4. The fourth-order valence-corrected chi connectivity index (χ4v) is 3.94. The van der Waals surface area contributed by atoms with Gasteiger partial charge in [0.15, 0.2) is 0 Å². The number of hydrogen-bond donors (Lipinski definition) is 0. The van der Waals surface area contributed by atoms with Crippen molar-refractivity contribution in [1.29, 1.82) is 0 Å². The normalized spacial score (nSPS) is 24.9. The highest BCUT2D eigenvalue weighted by atomic mass is 16.5. The lowest BCUT2D eigenvalue weighted by Crippen LogP contribution is -2.49. The average Bonchev–Trinajstić information content (AvgIpc) is 2.53. The summed E-state index contributed by atoms with van der Waals surface area (Å²) >= 11 is 0. The van der Waals surface area contributed by atoms with E-state index >= 15 is 0 Å². The third kappa shape index (κ3) is 2.64. The molecule has 0 N–H and O–H groups in total. The van der Waals surface area contributed by atoms with Crippen LogP contribution in [0.2, 0.25) is 0 Å². The molecule has 116 valence electrons. The van der Waals surface area contributed by atoms with Crippen LogP contribution in [0.5, 0.6) is 11.5 Å². The maximum atomic E-state index is 6.13. The number of likely N-dealkylation sites (tertiary alicyclic amines) is 1. The van der Waals surface area contributed by atoms with Crippen LogP contribution in [-0.2, 0) is 6.42 Å². The second-order valence-electron chi connectivity index (χ2n) is 6.23. The minimum Gasteiger partial charge on any atom is -0.496 e. The van der Waals surface area contributed by atoms with E-state index in [1.807, 2.05) is 0 Å². The predicted molar refractivity (Wildman–Crippen MR) is 85.5 cm³/mol. The van der Waals surface area contributed by atoms with Gasteiger partial charge in [-0.15, -0.1) is 0 Å². The highest BCUT2D eigenvalue weighted by molar-refractivity contribution is 5.52. The first-order chi connectivity index (χ1) is 10.3. The number of fused-ring (bicyclic) bond motifs is 3. The smallest absolute Gasteiger partial charge is 0.126 e. The molecular weight excluding hydrogens is 262 g/mol. The fraction of sp³-hybridized carbons (Fsp3) is 0.667. The van der Waals surface area contributed by atoms with Crippen LogP contribution < -0.4 is 9.47 Å². The Hall–Kier alpha value is -1.22. The Bertz CT molecular complexity index is 481. The molecule has 21 heavy (non-hydrogen) atoms. The Morgan fingerprint density at radius 3 is 2.90 bits per heavy atom. The van der Waals surface area contributed by atoms with Gasteiger partial charge in [-0.05, 0) is 56.5 Å². The molecule has 2 aliphatic rings. The zero-order chi connectivity index (χ0) is 14.8. The van der Waals surface area contributed by atoms with Crippen molar-refractivity contribution < 1.29 is 9.47 Å². The molecule has 3 rings (SSSR count). The first kappa shape index (κ1) is 14.7. The molecule has 3 heteroatoms. The molecular formula is C18H27NO2. The minimum atomic E-state index is 0.521. The molecule has 1 fully saturated rings. The van der Waals surface area contributed by atoms with Crippen molar-refractivity contribution in [3.63, 3.8) is 0 Å². The molecule has 0 unspecified atom stereocenters. The number of nitrogens with zero attached hydrogens (tertiary/aromatic N) is 1. The summed E-state index contributed by atoms with van der Waals surface area (Å²) in [4.78, 5) is 2.62. The van der Waals surface area contributed by atoms with E-state index in [1.54, 1.807) is 7.11 Å². The molecule has 0 aromatic heterocycles. The van der Waals surface area contributed by atoms with Gasteiger partial charge >= 0.3 is 0 Å². The van der Waals surface area contributed by atoms with E-state index in [2.05, 4.69) is 30.9 Å². The number of piperidine rings is 1. The number of hydrogen-bond acceptors (Lipinski definition) is 3. The molecule has 1 aromatic carbocycles. The van der Waals surface area contributed by atoms with Gasteiger partial charge in [0.1, 0.15) is 18.1 Å². The second kappa shape index (κ2) is 6.27. The van der Waals surface area contributed by atoms with E-state index < -0.39 is 0 Å². The number of benzene rings is 1. The second-order valence-corrected chi connectivity index (χ2v) is 6.23. The molecule has 0 amide bonds. The first-order valence-corrected chi connectivity index (χ1v) is 8.36. The molecule has 3 nitrogen and oxygen atoms in total. The monoisotopic (exact) mass is 289 g/mol. The summed E-state index contributed by atoms with van der Waals surface area (Å²) in [5.74, 6) is 2.65. The summed E-state index contributed by atoms with van der Waals surface area (Å²) in [6.45, 7) is 7.65. The van der Waals surface area contributed by atoms with Gasteiger partial charge in [0, 0.05) is 11.5 Å². The minimum absolute atomic E-state index is 0.521. The topological polar surface area (TPSA) is 21.7 Å². The van der Waals surface area contributed by atoms with Crippen LogP contribution in [0.15, 0.2) is 12.1 Å². The average molecular weight is 289 g/mol. The summed E-state index contributed by atoms with van der Waals surface area (Å²) in [6.07, 6.45) is 4.76. The molecule has 2 aliphatic heterocycles. The lowest BCUT2D eigenvalue weighted by atomic mass is 9.80. The zero-order valence-electron chi connectivity index (χ0n) is 13.5. The van der Waals surface area contributed by atoms with Crippen LogP contribution >= 0.6 is 0 Å². The Morgan fingerprint density at radius 1 is 1.33 bits per heavy atom. The van der Waals surface area contributed by atoms with Gasteiger partial charge in [-0.25, -0.2) is 0 Å². The van der Waals surface area contributed by atoms with E-state index in [0.717, 1.165) is 24.5 Å². The number of methoxy groups -OCH3 is 1. The van der Waals surface area contributed by atoms with Crippen LogP contribution in [0.4, 0.5) is 0 Å². The van der Waals surface area contributed by atoms with Gasteiger partial charge in [0.2, 0.25) is 0 Å². The lowest BCUT2D eigenvalue weighted by molar-refractivity contribution is 0.0645. The van der Waals surface area contributed by atoms with Crippen LogP contribution in [-0.4, -0.2) is 37.7 Å². The largest absolute Gasteiger partial charge is 0.496 e. The van der Waals surface area contributed by atoms with Crippen molar-refractivity contribution in [1.82, 2.24) is 4.90 Å². The van der Waals surface area contributed by atoms with E-state index in [-0.39, 0.29) is 0 Å². The van der Waals surface area contributed by atoms with E-state index in [1.165, 1.54) is 43.5 Å². The highest BCUT2D eigenvalue weighted by Gasteiger charge is 2.39. The van der Waals surface area contributed by atoms with Crippen LogP contribution in [0.3, 0.4) is 0 Å². The fourth-order valence-electron chi connectivity index (χ4n) is 3.94. The van der Waals surface area contributed by atoms with E-state index in [0.29, 0.717) is 12.0 Å². The molecule has 0 saturated carbocycles. The summed E-state index contributed by atoms with van der Waals surface area (Å²) < 4.78 is 11.8. The van der Waals surface area contributed by atoms with Gasteiger partial charge in [0.25, 0.3) is 0 Å². The molecule has 0 radical (unpaired) electrons. The van der Waals surface area contributed by atoms with Crippen molar-refractivity contribution in [2.24, 2.45) is 0 Å². The van der Waals surface area contributed by atoms with Crippen LogP contribution in [0.25, 0.3) is 0 Å². The van der Waals surface area contributed by atoms with Crippen molar-refractivity contribution >= 4 is 0 Å². The molecule has 1 saturated heterocycles. The molecule has 1 aromatic rings. The number of aryl methyl sites for hydroxylation is 1. The first-order valence-electron chi connectivity index (χ1n) is 8.36. The van der Waals surface area contributed by atoms with Crippen molar-refractivity contribution in [3.05, 3.63) is 23.3 Å². The van der Waals surface area contributed by atoms with Gasteiger partial charge in [0.05, 0.1) is 13.2 Å². The Kier molecular flexibility index (Phi) is 4.39. The Labute approximate surface area is 128 Å². The molecule has 0 spiro atoms. The highest BCUT2D eigenvalue weighted by Crippen LogP contribution is 2.46. The lowest BCUT2D eigenvalue weighted by Gasteiger charge is -2.44. The third-order valence-electron chi connectivity index (χ3n) is 4.98.